The van der Waals surface area contributed by atoms with Crippen molar-refractivity contribution >= 4 is 0 Å². The van der Waals surface area contributed by atoms with Crippen LogP contribution in [0.15, 0.2) is 0 Å². The summed E-state index contributed by atoms with van der Waals surface area (Å²) in [7, 11) is 0. The zero-order valence-corrected chi connectivity index (χ0v) is 5.27. The summed E-state index contributed by atoms with van der Waals surface area (Å²) in [5.74, 6) is 0. The molecule has 3 rings (SSSR count). The Balaban J connectivity index is 2.00. The highest BCUT2D eigenvalue weighted by atomic mass is 16.8. The highest BCUT2D eigenvalue weighted by Gasteiger charge is 2.59. The molecule has 0 saturated carbocycles. The zero-order valence-electron chi connectivity index (χ0n) is 5.27. The first-order valence-corrected chi connectivity index (χ1v) is 3.47. The van der Waals surface area contributed by atoms with Crippen LogP contribution in [0.4, 0.5) is 0 Å². The third-order valence-electron chi connectivity index (χ3n) is 2.36. The molecule has 10 heavy (non-hydrogen) atoms. The first-order chi connectivity index (χ1) is 4.86. The molecule has 0 aromatic carbocycles. The van der Waals surface area contributed by atoms with E-state index in [1.54, 1.807) is 0 Å². The van der Waals surface area contributed by atoms with Gasteiger partial charge in [-0.05, 0) is 0 Å². The third kappa shape index (κ3) is 0.441. The first-order valence-electron chi connectivity index (χ1n) is 3.47. The minimum Gasteiger partial charge on any atom is -0.385 e. The Hall–Kier alpha value is -0.160. The van der Waals surface area contributed by atoms with E-state index in [0.717, 1.165) is 0 Å². The van der Waals surface area contributed by atoms with E-state index in [0.29, 0.717) is 6.61 Å². The van der Waals surface area contributed by atoms with E-state index in [9.17, 15) is 5.11 Å². The molecule has 3 unspecified atom stereocenters. The Bertz CT molecular complexity index is 169. The predicted molar refractivity (Wildman–Crippen MR) is 29.3 cm³/mol. The van der Waals surface area contributed by atoms with Gasteiger partial charge in [0, 0.05) is 0 Å². The van der Waals surface area contributed by atoms with Crippen molar-refractivity contribution in [2.75, 3.05) is 6.61 Å². The topological polar surface area (TPSA) is 47.9 Å². The molecule has 4 heteroatoms. The summed E-state index contributed by atoms with van der Waals surface area (Å²) in [4.78, 5) is 0. The molecule has 0 spiro atoms. The molecule has 0 aromatic heterocycles. The van der Waals surface area contributed by atoms with Gasteiger partial charge < -0.3 is 19.3 Å². The molecular weight excluding hydrogens is 136 g/mol. The van der Waals surface area contributed by atoms with Crippen LogP contribution in [0.5, 0.6) is 0 Å². The Morgan fingerprint density at radius 3 is 2.80 bits per heavy atom. The van der Waals surface area contributed by atoms with Gasteiger partial charge in [-0.15, -0.1) is 0 Å². The molecule has 0 aromatic rings. The monoisotopic (exact) mass is 144 g/mol. The maximum Gasteiger partial charge on any atom is 0.187 e. The van der Waals surface area contributed by atoms with Crippen molar-refractivity contribution in [2.24, 2.45) is 0 Å². The third-order valence-corrected chi connectivity index (χ3v) is 2.36. The molecule has 3 aliphatic rings. The van der Waals surface area contributed by atoms with Gasteiger partial charge in [0.2, 0.25) is 0 Å². The van der Waals surface area contributed by atoms with Gasteiger partial charge in [0.1, 0.15) is 24.4 Å². The van der Waals surface area contributed by atoms with Crippen molar-refractivity contribution in [1.29, 1.82) is 0 Å². The average Bonchev–Trinajstić information content (AvgIpc) is 2.43. The smallest absolute Gasteiger partial charge is 0.187 e. The van der Waals surface area contributed by atoms with Crippen LogP contribution in [0.3, 0.4) is 0 Å². The van der Waals surface area contributed by atoms with Crippen LogP contribution in [-0.4, -0.2) is 42.4 Å². The average molecular weight is 144 g/mol. The van der Waals surface area contributed by atoms with Crippen molar-refractivity contribution in [1.82, 2.24) is 0 Å². The molecule has 5 atom stereocenters. The largest absolute Gasteiger partial charge is 0.385 e. The van der Waals surface area contributed by atoms with Gasteiger partial charge in [0.15, 0.2) is 6.29 Å². The van der Waals surface area contributed by atoms with E-state index in [4.69, 9.17) is 14.2 Å². The quantitative estimate of drug-likeness (QED) is 0.467. The second kappa shape index (κ2) is 1.53. The number of fused-ring (bicyclic) bond motifs is 1. The van der Waals surface area contributed by atoms with Crippen LogP contribution in [0.2, 0.25) is 0 Å². The number of ether oxygens (including phenoxy) is 3. The summed E-state index contributed by atoms with van der Waals surface area (Å²) in [5.41, 5.74) is 0. The molecule has 3 saturated heterocycles. The van der Waals surface area contributed by atoms with Gasteiger partial charge in [-0.3, -0.25) is 0 Å². The van der Waals surface area contributed by atoms with Gasteiger partial charge in [0.05, 0.1) is 6.61 Å². The molecular formula is C6H8O4. The number of aliphatic hydroxyl groups is 1. The summed E-state index contributed by atoms with van der Waals surface area (Å²) in [5, 5.41) is 9.33. The molecule has 1 N–H and O–H groups in total. The lowest BCUT2D eigenvalue weighted by atomic mass is 10.1. The van der Waals surface area contributed by atoms with Crippen molar-refractivity contribution in [3.05, 3.63) is 0 Å². The summed E-state index contributed by atoms with van der Waals surface area (Å²) in [6.07, 6.45) is -1.02. The highest BCUT2D eigenvalue weighted by molar-refractivity contribution is 5.02. The molecule has 3 fully saturated rings. The van der Waals surface area contributed by atoms with E-state index in [-0.39, 0.29) is 18.3 Å². The Morgan fingerprint density at radius 1 is 1.20 bits per heavy atom. The lowest BCUT2D eigenvalue weighted by Crippen LogP contribution is -2.39. The van der Waals surface area contributed by atoms with Gasteiger partial charge in [-0.1, -0.05) is 0 Å². The summed E-state index contributed by atoms with van der Waals surface area (Å²) < 4.78 is 15.8. The van der Waals surface area contributed by atoms with Crippen LogP contribution in [-0.2, 0) is 14.2 Å². The van der Waals surface area contributed by atoms with Gasteiger partial charge in [-0.2, -0.15) is 0 Å². The Kier molecular flexibility index (Phi) is 0.840. The predicted octanol–water partition coefficient (Wildman–Crippen LogP) is -1.13. The van der Waals surface area contributed by atoms with Gasteiger partial charge in [-0.25, -0.2) is 0 Å². The molecule has 56 valence electrons. The van der Waals surface area contributed by atoms with E-state index in [1.165, 1.54) is 0 Å². The van der Waals surface area contributed by atoms with E-state index in [1.807, 2.05) is 0 Å². The summed E-state index contributed by atoms with van der Waals surface area (Å²) in [6.45, 7) is 0.572. The second-order valence-electron chi connectivity index (χ2n) is 2.93. The number of rotatable bonds is 0. The molecule has 2 bridgehead atoms. The standard InChI is InChI=1S/C6H8O4/c7-3-5-4-2(1-8-5)9-6(3)10-4/h2-7H,1H2/t2?,3?,4-,5?,6-/m1/s1. The molecule has 3 heterocycles. The number of aliphatic hydroxyl groups excluding tert-OH is 1. The fraction of sp³-hybridized carbons (Fsp3) is 1.00. The van der Waals surface area contributed by atoms with Crippen molar-refractivity contribution < 1.29 is 19.3 Å². The number of hydrogen-bond acceptors (Lipinski definition) is 4. The van der Waals surface area contributed by atoms with Gasteiger partial charge >= 0.3 is 0 Å². The zero-order chi connectivity index (χ0) is 6.72. The summed E-state index contributed by atoms with van der Waals surface area (Å²) >= 11 is 0. The minimum atomic E-state index is -0.566. The van der Waals surface area contributed by atoms with Crippen LogP contribution in [0, 0.1) is 0 Å². The van der Waals surface area contributed by atoms with Gasteiger partial charge in [0.25, 0.3) is 0 Å². The maximum absolute atomic E-state index is 9.33. The lowest BCUT2D eigenvalue weighted by Gasteiger charge is -2.17. The van der Waals surface area contributed by atoms with E-state index >= 15 is 0 Å². The highest BCUT2D eigenvalue weighted by Crippen LogP contribution is 2.40. The van der Waals surface area contributed by atoms with Crippen molar-refractivity contribution in [3.63, 3.8) is 0 Å². The van der Waals surface area contributed by atoms with E-state index < -0.39 is 12.4 Å². The second-order valence-corrected chi connectivity index (χ2v) is 2.93. The molecule has 0 radical (unpaired) electrons. The lowest BCUT2D eigenvalue weighted by molar-refractivity contribution is -0.104. The summed E-state index contributed by atoms with van der Waals surface area (Å²) in [6, 6.07) is 0. The number of hydrogen-bond donors (Lipinski definition) is 1. The van der Waals surface area contributed by atoms with Crippen LogP contribution >= 0.6 is 0 Å². The SMILES string of the molecule is OC1C2OCC3O[C@@H]1O[C@H]32. The normalized spacial score (nSPS) is 63.9. The van der Waals surface area contributed by atoms with Crippen LogP contribution < -0.4 is 0 Å². The van der Waals surface area contributed by atoms with E-state index in [2.05, 4.69) is 0 Å². The van der Waals surface area contributed by atoms with Crippen molar-refractivity contribution in [2.45, 2.75) is 30.7 Å². The Morgan fingerprint density at radius 2 is 2.10 bits per heavy atom. The van der Waals surface area contributed by atoms with Crippen molar-refractivity contribution in [3.8, 4) is 0 Å². The molecule has 0 amide bonds. The molecule has 0 aliphatic carbocycles. The Labute approximate surface area is 57.7 Å². The fourth-order valence-corrected chi connectivity index (χ4v) is 1.86. The van der Waals surface area contributed by atoms with Crippen LogP contribution in [0.25, 0.3) is 0 Å². The fourth-order valence-electron chi connectivity index (χ4n) is 1.86. The first kappa shape index (κ1) is 5.49. The molecule has 4 nitrogen and oxygen atoms in total. The van der Waals surface area contributed by atoms with Crippen LogP contribution in [0.1, 0.15) is 0 Å². The minimum absolute atomic E-state index is 0.000000000000000222. The molecule has 3 aliphatic heterocycles. The maximum atomic E-state index is 9.33.